The third kappa shape index (κ3) is 1.78. The van der Waals surface area contributed by atoms with Crippen molar-refractivity contribution in [1.82, 2.24) is 0 Å². The molecule has 0 N–H and O–H groups in total. The number of ether oxygens (including phenoxy) is 2. The second kappa shape index (κ2) is 4.51. The first-order valence-electron chi connectivity index (χ1n) is 6.61. The summed E-state index contributed by atoms with van der Waals surface area (Å²) in [6.07, 6.45) is -0.0924. The van der Waals surface area contributed by atoms with Crippen molar-refractivity contribution in [2.24, 2.45) is 16.7 Å². The molecule has 3 aliphatic rings. The van der Waals surface area contributed by atoms with E-state index in [1.807, 2.05) is 0 Å². The quantitative estimate of drug-likeness (QED) is 0.701. The Labute approximate surface area is 122 Å². The van der Waals surface area contributed by atoms with Gasteiger partial charge in [0.2, 0.25) is 0 Å². The van der Waals surface area contributed by atoms with E-state index >= 15 is 0 Å². The largest absolute Gasteiger partial charge is 0.466 e. The lowest BCUT2D eigenvalue weighted by Gasteiger charge is -2.51. The first kappa shape index (κ1) is 15.4. The van der Waals surface area contributed by atoms with Crippen LogP contribution in [0.5, 0.6) is 0 Å². The second-order valence-electron chi connectivity index (χ2n) is 6.23. The van der Waals surface area contributed by atoms with Gasteiger partial charge in [0.1, 0.15) is 11.6 Å². The maximum Gasteiger partial charge on any atom is 0.335 e. The molecule has 6 nitrogen and oxygen atoms in total. The number of Topliss-reactive ketones (excluding diaryl/α,β-unsaturated/α-hetero) is 2. The molecule has 0 radical (unpaired) electrons. The van der Waals surface area contributed by atoms with E-state index in [9.17, 15) is 19.2 Å². The maximum absolute atomic E-state index is 12.7. The van der Waals surface area contributed by atoms with Crippen LogP contribution in [0.15, 0.2) is 11.1 Å². The third-order valence-electron chi connectivity index (χ3n) is 4.56. The average Bonchev–Trinajstić information content (AvgIpc) is 2.42. The Morgan fingerprint density at radius 3 is 2.05 bits per heavy atom. The Balaban J connectivity index is 2.85. The number of hydrogen-bond acceptors (Lipinski definition) is 6. The minimum absolute atomic E-state index is 0.0345. The molecular weight excluding hydrogens is 276 g/mol. The SMILES string of the molecule is COC(=O)C1=C(C(=O)OC)[C@@]2(C)CC(=O)[C@@H]1C(C)(C)C2=O. The van der Waals surface area contributed by atoms with Gasteiger partial charge in [-0.15, -0.1) is 0 Å². The molecule has 1 fully saturated rings. The molecule has 2 bridgehead atoms. The van der Waals surface area contributed by atoms with Crippen LogP contribution in [0.3, 0.4) is 0 Å². The van der Waals surface area contributed by atoms with E-state index in [1.165, 1.54) is 21.1 Å². The van der Waals surface area contributed by atoms with Crippen molar-refractivity contribution in [1.29, 1.82) is 0 Å². The molecule has 0 aromatic rings. The van der Waals surface area contributed by atoms with Gasteiger partial charge in [-0.25, -0.2) is 9.59 Å². The lowest BCUT2D eigenvalue weighted by Crippen LogP contribution is -2.60. The molecule has 0 amide bonds. The van der Waals surface area contributed by atoms with Crippen molar-refractivity contribution in [3.63, 3.8) is 0 Å². The topological polar surface area (TPSA) is 86.7 Å². The van der Waals surface area contributed by atoms with E-state index in [2.05, 4.69) is 0 Å². The molecule has 114 valence electrons. The first-order valence-corrected chi connectivity index (χ1v) is 6.61. The van der Waals surface area contributed by atoms with Gasteiger partial charge in [0.25, 0.3) is 0 Å². The van der Waals surface area contributed by atoms with E-state index in [0.29, 0.717) is 0 Å². The number of ketones is 2. The number of hydrogen-bond donors (Lipinski definition) is 0. The number of carbonyl (C=O) groups is 4. The van der Waals surface area contributed by atoms with E-state index in [4.69, 9.17) is 9.47 Å². The fourth-order valence-electron chi connectivity index (χ4n) is 3.71. The standard InChI is InChI=1S/C15H18O6/c1-14(2)9-7(16)6-15(3,13(14)19)10(12(18)21-5)8(9)11(17)20-4/h9H,6H2,1-5H3/t9-,15+/m0/s1. The second-order valence-corrected chi connectivity index (χ2v) is 6.23. The minimum Gasteiger partial charge on any atom is -0.466 e. The van der Waals surface area contributed by atoms with Crippen molar-refractivity contribution in [2.75, 3.05) is 14.2 Å². The van der Waals surface area contributed by atoms with Crippen LogP contribution in [0.2, 0.25) is 0 Å². The summed E-state index contributed by atoms with van der Waals surface area (Å²) in [5, 5.41) is 0. The van der Waals surface area contributed by atoms with Crippen molar-refractivity contribution in [2.45, 2.75) is 27.2 Å². The van der Waals surface area contributed by atoms with Crippen molar-refractivity contribution in [3.8, 4) is 0 Å². The molecule has 0 aliphatic heterocycles. The smallest absolute Gasteiger partial charge is 0.335 e. The lowest BCUT2D eigenvalue weighted by molar-refractivity contribution is -0.158. The van der Waals surface area contributed by atoms with Crippen LogP contribution in [-0.4, -0.2) is 37.7 Å². The van der Waals surface area contributed by atoms with Gasteiger partial charge >= 0.3 is 11.9 Å². The third-order valence-corrected chi connectivity index (χ3v) is 4.56. The van der Waals surface area contributed by atoms with Crippen LogP contribution >= 0.6 is 0 Å². The zero-order chi connectivity index (χ0) is 16.2. The Bertz CT molecular complexity index is 597. The minimum atomic E-state index is -1.34. The summed E-state index contributed by atoms with van der Waals surface area (Å²) < 4.78 is 9.44. The molecule has 0 aromatic carbocycles. The highest BCUT2D eigenvalue weighted by Gasteiger charge is 2.65. The van der Waals surface area contributed by atoms with Gasteiger partial charge in [-0.2, -0.15) is 0 Å². The molecule has 2 atom stereocenters. The number of esters is 2. The van der Waals surface area contributed by atoms with Gasteiger partial charge in [-0.05, 0) is 6.92 Å². The molecule has 0 unspecified atom stereocenters. The van der Waals surface area contributed by atoms with Crippen LogP contribution in [0.25, 0.3) is 0 Å². The monoisotopic (exact) mass is 294 g/mol. The molecule has 6 heteroatoms. The summed E-state index contributed by atoms with van der Waals surface area (Å²) in [5.74, 6) is -2.95. The number of fused-ring (bicyclic) bond motifs is 2. The predicted molar refractivity (Wildman–Crippen MR) is 71.1 cm³/mol. The molecule has 1 saturated carbocycles. The van der Waals surface area contributed by atoms with Crippen LogP contribution in [0, 0.1) is 16.7 Å². The molecule has 0 aromatic heterocycles. The van der Waals surface area contributed by atoms with Crippen molar-refractivity contribution in [3.05, 3.63) is 11.1 Å². The Morgan fingerprint density at radius 2 is 1.57 bits per heavy atom. The van der Waals surface area contributed by atoms with Gasteiger partial charge in [0, 0.05) is 11.8 Å². The van der Waals surface area contributed by atoms with Gasteiger partial charge in [-0.3, -0.25) is 9.59 Å². The Kier molecular flexibility index (Phi) is 3.31. The Morgan fingerprint density at radius 1 is 1.05 bits per heavy atom. The maximum atomic E-state index is 12.7. The van der Waals surface area contributed by atoms with Crippen LogP contribution < -0.4 is 0 Å². The molecule has 3 aliphatic carbocycles. The Hall–Kier alpha value is -1.98. The summed E-state index contributed by atoms with van der Waals surface area (Å²) in [7, 11) is 2.35. The summed E-state index contributed by atoms with van der Waals surface area (Å²) in [6.45, 7) is 4.75. The summed E-state index contributed by atoms with van der Waals surface area (Å²) in [4.78, 5) is 49.3. The van der Waals surface area contributed by atoms with E-state index < -0.39 is 28.7 Å². The summed E-state index contributed by atoms with van der Waals surface area (Å²) in [6, 6.07) is 0. The fraction of sp³-hybridized carbons (Fsp3) is 0.600. The van der Waals surface area contributed by atoms with Gasteiger partial charge in [-0.1, -0.05) is 13.8 Å². The normalized spacial score (nSPS) is 30.4. The summed E-state index contributed by atoms with van der Waals surface area (Å²) in [5.41, 5.74) is -2.46. The molecule has 21 heavy (non-hydrogen) atoms. The van der Waals surface area contributed by atoms with Gasteiger partial charge < -0.3 is 9.47 Å². The molecular formula is C15H18O6. The van der Waals surface area contributed by atoms with E-state index in [0.717, 1.165) is 0 Å². The number of methoxy groups -OCH3 is 2. The van der Waals surface area contributed by atoms with Crippen molar-refractivity contribution >= 4 is 23.5 Å². The fourth-order valence-corrected chi connectivity index (χ4v) is 3.71. The van der Waals surface area contributed by atoms with Crippen LogP contribution in [-0.2, 0) is 28.7 Å². The average molecular weight is 294 g/mol. The number of carbonyl (C=O) groups excluding carboxylic acids is 4. The first-order chi connectivity index (χ1) is 9.62. The molecule has 0 saturated heterocycles. The van der Waals surface area contributed by atoms with Crippen LogP contribution in [0.4, 0.5) is 0 Å². The highest BCUT2D eigenvalue weighted by atomic mass is 16.5. The molecule has 3 rings (SSSR count). The van der Waals surface area contributed by atoms with Crippen LogP contribution in [0.1, 0.15) is 27.2 Å². The van der Waals surface area contributed by atoms with Gasteiger partial charge in [0.05, 0.1) is 36.7 Å². The summed E-state index contributed by atoms with van der Waals surface area (Å²) >= 11 is 0. The highest BCUT2D eigenvalue weighted by Crippen LogP contribution is 2.57. The van der Waals surface area contributed by atoms with Crippen molar-refractivity contribution < 1.29 is 28.7 Å². The molecule has 0 spiro atoms. The van der Waals surface area contributed by atoms with Gasteiger partial charge in [0.15, 0.2) is 0 Å². The highest BCUT2D eigenvalue weighted by molar-refractivity contribution is 6.19. The molecule has 0 heterocycles. The number of rotatable bonds is 2. The zero-order valence-electron chi connectivity index (χ0n) is 12.7. The zero-order valence-corrected chi connectivity index (χ0v) is 12.7. The van der Waals surface area contributed by atoms with E-state index in [1.54, 1.807) is 13.8 Å². The lowest BCUT2D eigenvalue weighted by atomic mass is 9.48. The van der Waals surface area contributed by atoms with E-state index in [-0.39, 0.29) is 29.1 Å². The predicted octanol–water partition coefficient (Wildman–Crippen LogP) is 0.833.